The summed E-state index contributed by atoms with van der Waals surface area (Å²) in [4.78, 5) is 14.4. The molecule has 1 aliphatic heterocycles. The Morgan fingerprint density at radius 3 is 3.11 bits per heavy atom. The lowest BCUT2D eigenvalue weighted by atomic mass is 10.2. The van der Waals surface area contributed by atoms with E-state index in [0.29, 0.717) is 11.6 Å². The van der Waals surface area contributed by atoms with E-state index in [1.54, 1.807) is 10.7 Å². The number of piperazine rings is 1. The number of nitrogens with zero attached hydrogens (tertiary/aromatic N) is 3. The summed E-state index contributed by atoms with van der Waals surface area (Å²) in [6.07, 6.45) is 3.51. The number of aromatic nitrogens is 2. The Morgan fingerprint density at radius 2 is 2.32 bits per heavy atom. The van der Waals surface area contributed by atoms with E-state index in [1.807, 2.05) is 29.3 Å². The molecule has 0 unspecified atom stereocenters. The molecule has 0 aromatic carbocycles. The van der Waals surface area contributed by atoms with Gasteiger partial charge in [-0.15, -0.1) is 12.4 Å². The average Bonchev–Trinajstić information content (AvgIpc) is 2.82. The summed E-state index contributed by atoms with van der Waals surface area (Å²) < 4.78 is 1.73. The Labute approximate surface area is 118 Å². The summed E-state index contributed by atoms with van der Waals surface area (Å²) in [5, 5.41) is 7.54. The Kier molecular flexibility index (Phi) is 4.07. The largest absolute Gasteiger partial charge is 0.336 e. The summed E-state index contributed by atoms with van der Waals surface area (Å²) in [6, 6.07) is 6.10. The van der Waals surface area contributed by atoms with E-state index in [1.165, 1.54) is 0 Å². The van der Waals surface area contributed by atoms with Crippen molar-refractivity contribution in [2.24, 2.45) is 0 Å². The molecule has 1 atom stereocenters. The van der Waals surface area contributed by atoms with E-state index in [0.717, 1.165) is 25.2 Å². The number of hydrogen-bond acceptors (Lipinski definition) is 3. The number of hydrogen-bond donors (Lipinski definition) is 1. The SMILES string of the molecule is C[C@H]1CN(C(=O)c2cnn3ccccc23)CCN1.Cl. The zero-order valence-electron chi connectivity index (χ0n) is 10.7. The van der Waals surface area contributed by atoms with Crippen molar-refractivity contribution in [3.8, 4) is 0 Å². The molecule has 2 aromatic rings. The number of fused-ring (bicyclic) bond motifs is 1. The summed E-state index contributed by atoms with van der Waals surface area (Å²) >= 11 is 0. The Bertz CT molecular complexity index is 583. The fourth-order valence-electron chi connectivity index (χ4n) is 2.39. The van der Waals surface area contributed by atoms with Crippen molar-refractivity contribution >= 4 is 23.8 Å². The summed E-state index contributed by atoms with van der Waals surface area (Å²) in [6.45, 7) is 4.46. The van der Waals surface area contributed by atoms with Crippen molar-refractivity contribution in [1.82, 2.24) is 19.8 Å². The highest BCUT2D eigenvalue weighted by Gasteiger charge is 2.23. The van der Waals surface area contributed by atoms with Crippen LogP contribution in [0.1, 0.15) is 17.3 Å². The summed E-state index contributed by atoms with van der Waals surface area (Å²) in [5.41, 5.74) is 1.55. The molecule has 3 rings (SSSR count). The van der Waals surface area contributed by atoms with E-state index < -0.39 is 0 Å². The number of rotatable bonds is 1. The maximum absolute atomic E-state index is 12.5. The molecule has 3 heterocycles. The van der Waals surface area contributed by atoms with E-state index in [-0.39, 0.29) is 18.3 Å². The van der Waals surface area contributed by atoms with Crippen LogP contribution >= 0.6 is 12.4 Å². The molecule has 0 bridgehead atoms. The van der Waals surface area contributed by atoms with Crippen molar-refractivity contribution in [2.45, 2.75) is 13.0 Å². The van der Waals surface area contributed by atoms with Crippen LogP contribution < -0.4 is 5.32 Å². The molecular formula is C13H17ClN4O. The minimum atomic E-state index is 0. The van der Waals surface area contributed by atoms with Gasteiger partial charge in [-0.25, -0.2) is 4.52 Å². The molecule has 5 nitrogen and oxygen atoms in total. The molecule has 2 aromatic heterocycles. The van der Waals surface area contributed by atoms with Gasteiger partial charge < -0.3 is 10.2 Å². The minimum absolute atomic E-state index is 0. The molecule has 1 saturated heterocycles. The molecule has 0 saturated carbocycles. The molecule has 1 N–H and O–H groups in total. The molecule has 0 aliphatic carbocycles. The first-order valence-electron chi connectivity index (χ1n) is 6.21. The van der Waals surface area contributed by atoms with Gasteiger partial charge in [-0.3, -0.25) is 4.79 Å². The van der Waals surface area contributed by atoms with Gasteiger partial charge in [-0.1, -0.05) is 6.07 Å². The lowest BCUT2D eigenvalue weighted by Crippen LogP contribution is -2.51. The van der Waals surface area contributed by atoms with Gasteiger partial charge in [0.1, 0.15) is 0 Å². The zero-order chi connectivity index (χ0) is 12.5. The molecule has 0 spiro atoms. The first-order chi connectivity index (χ1) is 8.75. The molecular weight excluding hydrogens is 264 g/mol. The predicted octanol–water partition coefficient (Wildman–Crippen LogP) is 1.19. The zero-order valence-corrected chi connectivity index (χ0v) is 11.6. The van der Waals surface area contributed by atoms with Crippen LogP contribution in [0, 0.1) is 0 Å². The maximum atomic E-state index is 12.5. The lowest BCUT2D eigenvalue weighted by molar-refractivity contribution is 0.0711. The van der Waals surface area contributed by atoms with Crippen molar-refractivity contribution in [2.75, 3.05) is 19.6 Å². The predicted molar refractivity (Wildman–Crippen MR) is 75.8 cm³/mol. The maximum Gasteiger partial charge on any atom is 0.257 e. The van der Waals surface area contributed by atoms with E-state index in [4.69, 9.17) is 0 Å². The summed E-state index contributed by atoms with van der Waals surface area (Å²) in [5.74, 6) is 0.0737. The highest BCUT2D eigenvalue weighted by atomic mass is 35.5. The van der Waals surface area contributed by atoms with E-state index in [2.05, 4.69) is 17.3 Å². The molecule has 6 heteroatoms. The number of nitrogens with one attached hydrogen (secondary N) is 1. The third-order valence-corrected chi connectivity index (χ3v) is 3.31. The lowest BCUT2D eigenvalue weighted by Gasteiger charge is -2.31. The second-order valence-corrected chi connectivity index (χ2v) is 4.70. The summed E-state index contributed by atoms with van der Waals surface area (Å²) in [7, 11) is 0. The van der Waals surface area contributed by atoms with Gasteiger partial charge in [0.15, 0.2) is 0 Å². The van der Waals surface area contributed by atoms with Gasteiger partial charge >= 0.3 is 0 Å². The molecule has 19 heavy (non-hydrogen) atoms. The molecule has 1 aliphatic rings. The fourth-order valence-corrected chi connectivity index (χ4v) is 2.39. The Morgan fingerprint density at radius 1 is 1.47 bits per heavy atom. The third-order valence-electron chi connectivity index (χ3n) is 3.31. The second-order valence-electron chi connectivity index (χ2n) is 4.70. The van der Waals surface area contributed by atoms with Gasteiger partial charge in [-0.05, 0) is 19.1 Å². The van der Waals surface area contributed by atoms with Gasteiger partial charge in [0.25, 0.3) is 5.91 Å². The van der Waals surface area contributed by atoms with Crippen molar-refractivity contribution in [3.05, 3.63) is 36.2 Å². The van der Waals surface area contributed by atoms with Crippen LogP contribution in [0.15, 0.2) is 30.6 Å². The van der Waals surface area contributed by atoms with Crippen molar-refractivity contribution < 1.29 is 4.79 Å². The first-order valence-corrected chi connectivity index (χ1v) is 6.21. The number of amides is 1. The standard InChI is InChI=1S/C13H16N4O.ClH/c1-10-9-16(7-5-14-10)13(18)11-8-15-17-6-3-2-4-12(11)17;/h2-4,6,8,10,14H,5,7,9H2,1H3;1H/t10-;/m0./s1. The van der Waals surface area contributed by atoms with Crippen LogP contribution in [-0.4, -0.2) is 46.1 Å². The smallest absolute Gasteiger partial charge is 0.257 e. The van der Waals surface area contributed by atoms with E-state index in [9.17, 15) is 4.79 Å². The van der Waals surface area contributed by atoms with Crippen molar-refractivity contribution in [3.63, 3.8) is 0 Å². The normalized spacial score (nSPS) is 19.2. The second kappa shape index (κ2) is 5.59. The Balaban J connectivity index is 0.00000133. The van der Waals surface area contributed by atoms with Gasteiger partial charge in [0, 0.05) is 31.9 Å². The number of carbonyl (C=O) groups is 1. The van der Waals surface area contributed by atoms with Gasteiger partial charge in [-0.2, -0.15) is 5.10 Å². The van der Waals surface area contributed by atoms with Gasteiger partial charge in [0.05, 0.1) is 17.3 Å². The van der Waals surface area contributed by atoms with Crippen LogP contribution in [0.4, 0.5) is 0 Å². The molecule has 0 radical (unpaired) electrons. The molecule has 1 fully saturated rings. The van der Waals surface area contributed by atoms with Crippen LogP contribution in [0.25, 0.3) is 5.52 Å². The minimum Gasteiger partial charge on any atom is -0.336 e. The average molecular weight is 281 g/mol. The fraction of sp³-hybridized carbons (Fsp3) is 0.385. The van der Waals surface area contributed by atoms with Gasteiger partial charge in [0.2, 0.25) is 0 Å². The van der Waals surface area contributed by atoms with Crippen LogP contribution in [0.5, 0.6) is 0 Å². The van der Waals surface area contributed by atoms with E-state index >= 15 is 0 Å². The molecule has 102 valence electrons. The van der Waals surface area contributed by atoms with Crippen LogP contribution in [0.2, 0.25) is 0 Å². The first kappa shape index (κ1) is 13.8. The third kappa shape index (κ3) is 2.57. The monoisotopic (exact) mass is 280 g/mol. The van der Waals surface area contributed by atoms with Crippen LogP contribution in [-0.2, 0) is 0 Å². The van der Waals surface area contributed by atoms with Crippen molar-refractivity contribution in [1.29, 1.82) is 0 Å². The number of pyridine rings is 1. The highest BCUT2D eigenvalue weighted by molar-refractivity contribution is 6.00. The number of carbonyl (C=O) groups excluding carboxylic acids is 1. The molecule has 1 amide bonds. The number of halogens is 1. The Hall–Kier alpha value is -1.59. The van der Waals surface area contributed by atoms with Crippen LogP contribution in [0.3, 0.4) is 0 Å². The quantitative estimate of drug-likeness (QED) is 0.854. The highest BCUT2D eigenvalue weighted by Crippen LogP contribution is 2.14. The topological polar surface area (TPSA) is 49.6 Å².